The molecule has 0 radical (unpaired) electrons. The fourth-order valence-corrected chi connectivity index (χ4v) is 3.99. The first-order chi connectivity index (χ1) is 12.6. The lowest BCUT2D eigenvalue weighted by Gasteiger charge is -2.36. The minimum absolute atomic E-state index is 0.126. The van der Waals surface area contributed by atoms with Crippen LogP contribution in [0.1, 0.15) is 44.6 Å². The molecule has 1 fully saturated rings. The Hall–Kier alpha value is -1.07. The molecule has 0 N–H and O–H groups in total. The molecule has 3 atom stereocenters. The van der Waals surface area contributed by atoms with E-state index in [1.54, 1.807) is 6.20 Å². The quantitative estimate of drug-likeness (QED) is 0.558. The summed E-state index contributed by atoms with van der Waals surface area (Å²) in [5, 5.41) is -0.0345. The van der Waals surface area contributed by atoms with Gasteiger partial charge in [-0.2, -0.15) is 0 Å². The zero-order chi connectivity index (χ0) is 18.4. The van der Waals surface area contributed by atoms with Crippen LogP contribution in [-0.2, 0) is 22.4 Å². The molecule has 0 amide bonds. The third-order valence-corrected chi connectivity index (χ3v) is 5.29. The maximum atomic E-state index is 6.89. The predicted molar refractivity (Wildman–Crippen MR) is 104 cm³/mol. The Labute approximate surface area is 165 Å². The van der Waals surface area contributed by atoms with E-state index in [1.165, 1.54) is 0 Å². The second kappa shape index (κ2) is 9.23. The van der Waals surface area contributed by atoms with E-state index in [0.29, 0.717) is 6.42 Å². The van der Waals surface area contributed by atoms with Crippen LogP contribution in [0.3, 0.4) is 0 Å². The zero-order valence-corrected chi connectivity index (χ0v) is 16.6. The van der Waals surface area contributed by atoms with E-state index in [2.05, 4.69) is 11.9 Å². The van der Waals surface area contributed by atoms with E-state index < -0.39 is 5.06 Å². The molecule has 1 aromatic carbocycles. The molecule has 3 rings (SSSR count). The van der Waals surface area contributed by atoms with Gasteiger partial charge in [0.15, 0.2) is 6.29 Å². The molecular weight excluding hydrogens is 371 g/mol. The molecule has 6 heteroatoms. The van der Waals surface area contributed by atoms with Gasteiger partial charge in [-0.15, -0.1) is 0 Å². The summed E-state index contributed by atoms with van der Waals surface area (Å²) in [5.41, 5.74) is 1.11. The summed E-state index contributed by atoms with van der Waals surface area (Å²) in [6.07, 6.45) is 10.7. The standard InChI is InChI=1S/C20H26Cl2N2O2/c1-2-10-20(22,13-16-6-8-17(21)9-7-16)26-19-5-3-4-18(25-19)14-24-12-11-23-15-24/h6-9,11-12,15,18-19H,2-5,10,13-14H2,1H3. The third kappa shape index (κ3) is 5.71. The normalized spacial score (nSPS) is 22.9. The monoisotopic (exact) mass is 396 g/mol. The van der Waals surface area contributed by atoms with E-state index in [4.69, 9.17) is 32.7 Å². The van der Waals surface area contributed by atoms with Crippen LogP contribution in [-0.4, -0.2) is 27.0 Å². The maximum absolute atomic E-state index is 6.89. The highest BCUT2D eigenvalue weighted by molar-refractivity contribution is 6.30. The maximum Gasteiger partial charge on any atom is 0.160 e. The first-order valence-electron chi connectivity index (χ1n) is 9.29. The van der Waals surface area contributed by atoms with Gasteiger partial charge in [0.2, 0.25) is 0 Å². The largest absolute Gasteiger partial charge is 0.347 e. The van der Waals surface area contributed by atoms with Crippen molar-refractivity contribution in [2.75, 3.05) is 0 Å². The first-order valence-corrected chi connectivity index (χ1v) is 10.0. The van der Waals surface area contributed by atoms with Crippen molar-refractivity contribution in [3.63, 3.8) is 0 Å². The second-order valence-electron chi connectivity index (χ2n) is 6.93. The van der Waals surface area contributed by atoms with E-state index in [9.17, 15) is 0 Å². The van der Waals surface area contributed by atoms with Crippen LogP contribution in [0.5, 0.6) is 0 Å². The number of halogens is 2. The molecule has 1 aromatic heterocycles. The van der Waals surface area contributed by atoms with Crippen LogP contribution in [0.2, 0.25) is 5.02 Å². The highest BCUT2D eigenvalue weighted by Crippen LogP contribution is 2.33. The summed E-state index contributed by atoms with van der Waals surface area (Å²) < 4.78 is 14.5. The van der Waals surface area contributed by atoms with Gasteiger partial charge in [0, 0.05) is 30.4 Å². The van der Waals surface area contributed by atoms with Gasteiger partial charge < -0.3 is 14.0 Å². The van der Waals surface area contributed by atoms with Gasteiger partial charge in [0.1, 0.15) is 5.06 Å². The van der Waals surface area contributed by atoms with E-state index >= 15 is 0 Å². The highest BCUT2D eigenvalue weighted by Gasteiger charge is 2.34. The highest BCUT2D eigenvalue weighted by atomic mass is 35.5. The number of ether oxygens (including phenoxy) is 2. The molecule has 4 nitrogen and oxygen atoms in total. The Kier molecular flexibility index (Phi) is 6.98. The van der Waals surface area contributed by atoms with E-state index in [1.807, 2.05) is 41.4 Å². The fraction of sp³-hybridized carbons (Fsp3) is 0.550. The third-order valence-electron chi connectivity index (χ3n) is 4.63. The SMILES string of the molecule is CCCC(Cl)(Cc1ccc(Cl)cc1)OC1CCCC(Cn2ccnc2)O1. The Balaban J connectivity index is 1.61. The number of hydrogen-bond acceptors (Lipinski definition) is 3. The van der Waals surface area contributed by atoms with Crippen molar-refractivity contribution in [2.24, 2.45) is 0 Å². The Morgan fingerprint density at radius 1 is 1.31 bits per heavy atom. The van der Waals surface area contributed by atoms with Crippen LogP contribution < -0.4 is 0 Å². The summed E-state index contributed by atoms with van der Waals surface area (Å²) in [6, 6.07) is 7.78. The Morgan fingerprint density at radius 3 is 2.81 bits per heavy atom. The minimum Gasteiger partial charge on any atom is -0.347 e. The van der Waals surface area contributed by atoms with Crippen molar-refractivity contribution in [3.05, 3.63) is 53.6 Å². The van der Waals surface area contributed by atoms with Crippen LogP contribution >= 0.6 is 23.2 Å². The van der Waals surface area contributed by atoms with Crippen molar-refractivity contribution < 1.29 is 9.47 Å². The van der Waals surface area contributed by atoms with Crippen LogP contribution in [0.4, 0.5) is 0 Å². The summed E-state index contributed by atoms with van der Waals surface area (Å²) in [6.45, 7) is 2.91. The van der Waals surface area contributed by atoms with Crippen molar-refractivity contribution in [1.29, 1.82) is 0 Å². The zero-order valence-electron chi connectivity index (χ0n) is 15.1. The molecule has 0 aliphatic carbocycles. The summed E-state index contributed by atoms with van der Waals surface area (Å²) >= 11 is 12.9. The van der Waals surface area contributed by atoms with Crippen molar-refractivity contribution >= 4 is 23.2 Å². The summed E-state index contributed by atoms with van der Waals surface area (Å²) in [4.78, 5) is 4.09. The van der Waals surface area contributed by atoms with Gasteiger partial charge in [0.25, 0.3) is 0 Å². The molecule has 1 aliphatic rings. The summed E-state index contributed by atoms with van der Waals surface area (Å²) in [7, 11) is 0. The second-order valence-corrected chi connectivity index (χ2v) is 8.06. The molecule has 0 saturated carbocycles. The van der Waals surface area contributed by atoms with Crippen molar-refractivity contribution in [3.8, 4) is 0 Å². The number of rotatable bonds is 8. The fourth-order valence-electron chi connectivity index (χ4n) is 3.42. The van der Waals surface area contributed by atoms with Gasteiger partial charge in [-0.3, -0.25) is 0 Å². The molecule has 0 bridgehead atoms. The molecule has 1 saturated heterocycles. The Morgan fingerprint density at radius 2 is 2.12 bits per heavy atom. The van der Waals surface area contributed by atoms with Crippen LogP contribution in [0.15, 0.2) is 43.0 Å². The topological polar surface area (TPSA) is 36.3 Å². The van der Waals surface area contributed by atoms with Crippen LogP contribution in [0, 0.1) is 0 Å². The number of benzene rings is 1. The number of nitrogens with zero attached hydrogens (tertiary/aromatic N) is 2. The van der Waals surface area contributed by atoms with Crippen LogP contribution in [0.25, 0.3) is 0 Å². The lowest BCUT2D eigenvalue weighted by atomic mass is 10.0. The van der Waals surface area contributed by atoms with Gasteiger partial charge in [-0.1, -0.05) is 48.7 Å². The predicted octanol–water partition coefficient (Wildman–Crippen LogP) is 5.43. The van der Waals surface area contributed by atoms with E-state index in [0.717, 1.165) is 49.2 Å². The summed E-state index contributed by atoms with van der Waals surface area (Å²) in [5.74, 6) is 0. The van der Waals surface area contributed by atoms with Crippen molar-refractivity contribution in [1.82, 2.24) is 9.55 Å². The molecule has 0 spiro atoms. The molecule has 2 heterocycles. The van der Waals surface area contributed by atoms with Crippen molar-refractivity contribution in [2.45, 2.75) is 69.4 Å². The molecule has 3 unspecified atom stereocenters. The van der Waals surface area contributed by atoms with Gasteiger partial charge in [-0.05, 0) is 43.4 Å². The smallest absolute Gasteiger partial charge is 0.160 e. The molecule has 26 heavy (non-hydrogen) atoms. The lowest BCUT2D eigenvalue weighted by Crippen LogP contribution is -2.39. The number of alkyl halides is 1. The number of aromatic nitrogens is 2. The minimum atomic E-state index is -0.760. The Bertz CT molecular complexity index is 663. The lowest BCUT2D eigenvalue weighted by molar-refractivity contribution is -0.228. The molecule has 1 aliphatic heterocycles. The average Bonchev–Trinajstić information content (AvgIpc) is 3.10. The van der Waals surface area contributed by atoms with Gasteiger partial charge >= 0.3 is 0 Å². The molecule has 2 aromatic rings. The molecule has 142 valence electrons. The van der Waals surface area contributed by atoms with Gasteiger partial charge in [-0.25, -0.2) is 4.98 Å². The van der Waals surface area contributed by atoms with Gasteiger partial charge in [0.05, 0.1) is 12.4 Å². The number of imidazole rings is 1. The molecular formula is C20H26Cl2N2O2. The van der Waals surface area contributed by atoms with E-state index in [-0.39, 0.29) is 12.4 Å². The average molecular weight is 397 g/mol. The first kappa shape index (κ1) is 19.7. The number of hydrogen-bond donors (Lipinski definition) is 0.